The standard InChI is InChI=1S/C20H18ClN3O3S/c1-10-18(25)24-16-8-11(2-7-17(16)28-10)19(26)23-15-6-3-12(21)9-14(15)20(27)22-13-4-5-13/h2-3,6-10,13H,4-5H2,1H3,(H,22,27)(H,23,26)(H,24,25)/t10-/m0/s1. The van der Waals surface area contributed by atoms with Gasteiger partial charge in [0.1, 0.15) is 0 Å². The van der Waals surface area contributed by atoms with E-state index in [-0.39, 0.29) is 29.0 Å². The molecule has 28 heavy (non-hydrogen) atoms. The normalized spacial score (nSPS) is 18.1. The fourth-order valence-corrected chi connectivity index (χ4v) is 3.95. The van der Waals surface area contributed by atoms with Crippen LogP contribution in [-0.2, 0) is 4.79 Å². The highest BCUT2D eigenvalue weighted by atomic mass is 35.5. The molecule has 6 nitrogen and oxygen atoms in total. The maximum atomic E-state index is 12.7. The van der Waals surface area contributed by atoms with Crippen LogP contribution in [0.4, 0.5) is 11.4 Å². The first-order chi connectivity index (χ1) is 13.4. The maximum absolute atomic E-state index is 12.7. The molecule has 3 amide bonds. The number of hydrogen-bond donors (Lipinski definition) is 3. The van der Waals surface area contributed by atoms with Gasteiger partial charge in [0.25, 0.3) is 11.8 Å². The Morgan fingerprint density at radius 1 is 1.14 bits per heavy atom. The number of benzene rings is 2. The molecule has 8 heteroatoms. The van der Waals surface area contributed by atoms with Gasteiger partial charge in [0.2, 0.25) is 5.91 Å². The fraction of sp³-hybridized carbons (Fsp3) is 0.250. The Morgan fingerprint density at radius 2 is 1.93 bits per heavy atom. The zero-order valence-electron chi connectivity index (χ0n) is 15.0. The van der Waals surface area contributed by atoms with Crippen LogP contribution in [0, 0.1) is 0 Å². The van der Waals surface area contributed by atoms with Gasteiger partial charge < -0.3 is 16.0 Å². The summed E-state index contributed by atoms with van der Waals surface area (Å²) in [7, 11) is 0. The molecule has 2 aliphatic rings. The zero-order chi connectivity index (χ0) is 19.8. The number of rotatable bonds is 4. The highest BCUT2D eigenvalue weighted by Crippen LogP contribution is 2.36. The molecule has 1 fully saturated rings. The van der Waals surface area contributed by atoms with Gasteiger partial charge in [0, 0.05) is 21.5 Å². The smallest absolute Gasteiger partial charge is 0.255 e. The van der Waals surface area contributed by atoms with Crippen molar-refractivity contribution in [1.29, 1.82) is 0 Å². The first kappa shape index (κ1) is 18.8. The predicted octanol–water partition coefficient (Wildman–Crippen LogP) is 3.92. The molecule has 0 aromatic heterocycles. The van der Waals surface area contributed by atoms with E-state index in [1.807, 2.05) is 13.0 Å². The van der Waals surface area contributed by atoms with Crippen molar-refractivity contribution in [2.75, 3.05) is 10.6 Å². The van der Waals surface area contributed by atoms with Gasteiger partial charge in [-0.1, -0.05) is 11.6 Å². The lowest BCUT2D eigenvalue weighted by atomic mass is 10.1. The Morgan fingerprint density at radius 3 is 2.68 bits per heavy atom. The molecular formula is C20H18ClN3O3S. The number of anilines is 2. The molecule has 1 saturated carbocycles. The van der Waals surface area contributed by atoms with Crippen molar-refractivity contribution >= 4 is 52.5 Å². The first-order valence-corrected chi connectivity index (χ1v) is 10.2. The van der Waals surface area contributed by atoms with Crippen molar-refractivity contribution in [2.24, 2.45) is 0 Å². The average molecular weight is 416 g/mol. The highest BCUT2D eigenvalue weighted by Gasteiger charge is 2.26. The van der Waals surface area contributed by atoms with E-state index in [1.165, 1.54) is 11.8 Å². The molecule has 0 radical (unpaired) electrons. The van der Waals surface area contributed by atoms with Crippen molar-refractivity contribution < 1.29 is 14.4 Å². The second-order valence-electron chi connectivity index (χ2n) is 6.85. The van der Waals surface area contributed by atoms with Crippen LogP contribution in [0.1, 0.15) is 40.5 Å². The van der Waals surface area contributed by atoms with Gasteiger partial charge in [-0.3, -0.25) is 14.4 Å². The Kier molecular flexibility index (Phi) is 5.03. The van der Waals surface area contributed by atoms with E-state index in [2.05, 4.69) is 16.0 Å². The molecule has 1 heterocycles. The summed E-state index contributed by atoms with van der Waals surface area (Å²) in [5.41, 5.74) is 1.71. The quantitative estimate of drug-likeness (QED) is 0.706. The van der Waals surface area contributed by atoms with E-state index in [1.54, 1.807) is 30.3 Å². The summed E-state index contributed by atoms with van der Waals surface area (Å²) in [5, 5.41) is 8.74. The van der Waals surface area contributed by atoms with Crippen molar-refractivity contribution in [3.63, 3.8) is 0 Å². The van der Waals surface area contributed by atoms with Gasteiger partial charge in [-0.15, -0.1) is 11.8 Å². The van der Waals surface area contributed by atoms with Crippen LogP contribution < -0.4 is 16.0 Å². The molecule has 144 valence electrons. The number of halogens is 1. The topological polar surface area (TPSA) is 87.3 Å². The molecule has 0 saturated heterocycles. The van der Waals surface area contributed by atoms with Crippen LogP contribution in [0.2, 0.25) is 5.02 Å². The summed E-state index contributed by atoms with van der Waals surface area (Å²) < 4.78 is 0. The largest absolute Gasteiger partial charge is 0.349 e. The van der Waals surface area contributed by atoms with Crippen LogP contribution in [0.5, 0.6) is 0 Å². The summed E-state index contributed by atoms with van der Waals surface area (Å²) in [6.45, 7) is 1.83. The number of fused-ring (bicyclic) bond motifs is 1. The third-order valence-corrected chi connectivity index (χ3v) is 5.97. The van der Waals surface area contributed by atoms with Crippen molar-refractivity contribution in [2.45, 2.75) is 36.0 Å². The van der Waals surface area contributed by atoms with Gasteiger partial charge in [-0.25, -0.2) is 0 Å². The third kappa shape index (κ3) is 4.00. The van der Waals surface area contributed by atoms with E-state index in [9.17, 15) is 14.4 Å². The number of carbonyl (C=O) groups is 3. The fourth-order valence-electron chi connectivity index (χ4n) is 2.85. The van der Waals surface area contributed by atoms with Gasteiger partial charge in [0.05, 0.1) is 22.2 Å². The molecule has 1 aliphatic heterocycles. The number of amides is 3. The van der Waals surface area contributed by atoms with Gasteiger partial charge in [-0.2, -0.15) is 0 Å². The number of hydrogen-bond acceptors (Lipinski definition) is 4. The average Bonchev–Trinajstić information content (AvgIpc) is 3.47. The van der Waals surface area contributed by atoms with E-state index >= 15 is 0 Å². The minimum Gasteiger partial charge on any atom is -0.349 e. The summed E-state index contributed by atoms with van der Waals surface area (Å²) in [4.78, 5) is 38.0. The van der Waals surface area contributed by atoms with E-state index in [0.717, 1.165) is 17.7 Å². The summed E-state index contributed by atoms with van der Waals surface area (Å²) >= 11 is 7.49. The van der Waals surface area contributed by atoms with Crippen molar-refractivity contribution in [3.05, 3.63) is 52.5 Å². The number of nitrogens with one attached hydrogen (secondary N) is 3. The van der Waals surface area contributed by atoms with Crippen LogP contribution in [0.15, 0.2) is 41.3 Å². The minimum atomic E-state index is -0.372. The molecule has 4 rings (SSSR count). The molecule has 0 bridgehead atoms. The summed E-state index contributed by atoms with van der Waals surface area (Å²) in [6.07, 6.45) is 1.93. The minimum absolute atomic E-state index is 0.0909. The maximum Gasteiger partial charge on any atom is 0.255 e. The lowest BCUT2D eigenvalue weighted by Crippen LogP contribution is -2.27. The van der Waals surface area contributed by atoms with E-state index in [4.69, 9.17) is 11.6 Å². The van der Waals surface area contributed by atoms with Crippen LogP contribution in [-0.4, -0.2) is 29.0 Å². The van der Waals surface area contributed by atoms with Crippen LogP contribution in [0.25, 0.3) is 0 Å². The summed E-state index contributed by atoms with van der Waals surface area (Å²) in [5.74, 6) is -0.723. The Hall–Kier alpha value is -2.51. The molecule has 0 spiro atoms. The van der Waals surface area contributed by atoms with E-state index < -0.39 is 0 Å². The Bertz CT molecular complexity index is 991. The van der Waals surface area contributed by atoms with Gasteiger partial charge in [0.15, 0.2) is 0 Å². The molecule has 2 aromatic rings. The number of thioether (sulfide) groups is 1. The third-order valence-electron chi connectivity index (χ3n) is 4.56. The van der Waals surface area contributed by atoms with Crippen molar-refractivity contribution in [1.82, 2.24) is 5.32 Å². The lowest BCUT2D eigenvalue weighted by molar-refractivity contribution is -0.115. The number of carbonyl (C=O) groups excluding carboxylic acids is 3. The summed E-state index contributed by atoms with van der Waals surface area (Å²) in [6, 6.07) is 10.1. The van der Waals surface area contributed by atoms with Crippen LogP contribution >= 0.6 is 23.4 Å². The molecular weight excluding hydrogens is 398 g/mol. The lowest BCUT2D eigenvalue weighted by Gasteiger charge is -2.21. The molecule has 2 aromatic carbocycles. The molecule has 0 unspecified atom stereocenters. The monoisotopic (exact) mass is 415 g/mol. The molecule has 3 N–H and O–H groups in total. The van der Waals surface area contributed by atoms with Gasteiger partial charge >= 0.3 is 0 Å². The molecule has 1 atom stereocenters. The van der Waals surface area contributed by atoms with Crippen molar-refractivity contribution in [3.8, 4) is 0 Å². The second kappa shape index (κ2) is 7.48. The second-order valence-corrected chi connectivity index (χ2v) is 8.67. The van der Waals surface area contributed by atoms with Gasteiger partial charge in [-0.05, 0) is 56.2 Å². The predicted molar refractivity (Wildman–Crippen MR) is 110 cm³/mol. The highest BCUT2D eigenvalue weighted by molar-refractivity contribution is 8.00. The Balaban J connectivity index is 1.56. The van der Waals surface area contributed by atoms with E-state index in [0.29, 0.717) is 27.5 Å². The SMILES string of the molecule is C[C@@H]1Sc2ccc(C(=O)Nc3ccc(Cl)cc3C(=O)NC3CC3)cc2NC1=O. The Labute approximate surface area is 171 Å². The molecule has 1 aliphatic carbocycles. The first-order valence-electron chi connectivity index (χ1n) is 8.94. The van der Waals surface area contributed by atoms with Crippen LogP contribution in [0.3, 0.4) is 0 Å². The zero-order valence-corrected chi connectivity index (χ0v) is 16.6.